The minimum Gasteiger partial charge on any atom is -0.475 e. The fourth-order valence-electron chi connectivity index (χ4n) is 0. The van der Waals surface area contributed by atoms with Crippen molar-refractivity contribution in [3.05, 3.63) is 0 Å². The summed E-state index contributed by atoms with van der Waals surface area (Å²) < 4.78 is 31.7. The molecule has 0 unspecified atom stereocenters. The normalized spacial score (nSPS) is 7.18. The molecule has 0 heterocycles. The third-order valence-electron chi connectivity index (χ3n) is 0.243. The van der Waals surface area contributed by atoms with Crippen LogP contribution in [0.2, 0.25) is 0 Å². The molecule has 0 rings (SSSR count). The SMILES string of the molecule is O.O.O.O=C(O)C(F)(F)F.[Y]. The van der Waals surface area contributed by atoms with Crippen LogP contribution in [0, 0.1) is 0 Å². The predicted molar refractivity (Wildman–Crippen MR) is 24.5 cm³/mol. The molecule has 0 aromatic carbocycles. The van der Waals surface area contributed by atoms with E-state index in [1.165, 1.54) is 0 Å². The van der Waals surface area contributed by atoms with Crippen molar-refractivity contribution in [1.29, 1.82) is 0 Å². The van der Waals surface area contributed by atoms with E-state index in [-0.39, 0.29) is 49.1 Å². The summed E-state index contributed by atoms with van der Waals surface area (Å²) in [5, 5.41) is 7.12. The number of alkyl halides is 3. The number of carbonyl (C=O) groups is 1. The second-order valence-electron chi connectivity index (χ2n) is 0.803. The van der Waals surface area contributed by atoms with Gasteiger partial charge in [0.05, 0.1) is 0 Å². The minimum atomic E-state index is -5.08. The van der Waals surface area contributed by atoms with Crippen molar-refractivity contribution in [2.75, 3.05) is 0 Å². The van der Waals surface area contributed by atoms with Crippen molar-refractivity contribution in [2.24, 2.45) is 0 Å². The molecule has 0 aromatic rings. The van der Waals surface area contributed by atoms with Gasteiger partial charge < -0.3 is 21.5 Å². The molecule has 0 bridgehead atoms. The molecular weight excluding hydrogens is 250 g/mol. The summed E-state index contributed by atoms with van der Waals surface area (Å²) in [5.41, 5.74) is 0. The van der Waals surface area contributed by atoms with Gasteiger partial charge in [-0.2, -0.15) is 13.2 Å². The molecule has 5 nitrogen and oxygen atoms in total. The van der Waals surface area contributed by atoms with Crippen LogP contribution in [-0.2, 0) is 37.5 Å². The van der Waals surface area contributed by atoms with Crippen molar-refractivity contribution in [3.63, 3.8) is 0 Å². The van der Waals surface area contributed by atoms with Gasteiger partial charge in [0, 0.05) is 32.7 Å². The minimum absolute atomic E-state index is 0. The molecule has 11 heavy (non-hydrogen) atoms. The Morgan fingerprint density at radius 2 is 1.18 bits per heavy atom. The van der Waals surface area contributed by atoms with Crippen molar-refractivity contribution in [3.8, 4) is 0 Å². The third kappa shape index (κ3) is 17.9. The van der Waals surface area contributed by atoms with Gasteiger partial charge >= 0.3 is 12.1 Å². The molecule has 9 heteroatoms. The van der Waals surface area contributed by atoms with E-state index in [0.29, 0.717) is 0 Å². The number of carboxylic acids is 1. The van der Waals surface area contributed by atoms with Crippen molar-refractivity contribution < 1.29 is 72.2 Å². The zero-order chi connectivity index (χ0) is 6.08. The molecule has 0 atom stereocenters. The second-order valence-corrected chi connectivity index (χ2v) is 0.803. The smallest absolute Gasteiger partial charge is 0.475 e. The van der Waals surface area contributed by atoms with E-state index in [1.54, 1.807) is 0 Å². The molecule has 0 fully saturated rings. The number of aliphatic carboxylic acids is 1. The van der Waals surface area contributed by atoms with E-state index in [4.69, 9.17) is 9.90 Å². The Labute approximate surface area is 84.4 Å². The molecule has 0 aromatic heterocycles. The van der Waals surface area contributed by atoms with Gasteiger partial charge in [-0.15, -0.1) is 0 Å². The Morgan fingerprint density at radius 3 is 1.18 bits per heavy atom. The Bertz CT molecular complexity index is 92.2. The topological polar surface area (TPSA) is 132 Å². The molecular formula is C2H7F3O5Y. The van der Waals surface area contributed by atoms with Gasteiger partial charge in [0.15, 0.2) is 0 Å². The van der Waals surface area contributed by atoms with Crippen molar-refractivity contribution in [2.45, 2.75) is 6.18 Å². The maximum absolute atomic E-state index is 10.6. The number of carboxylic acid groups (broad SMARTS) is 1. The Balaban J connectivity index is -0.0000000300. The number of hydrogen-bond acceptors (Lipinski definition) is 1. The van der Waals surface area contributed by atoms with Crippen LogP contribution in [0.5, 0.6) is 0 Å². The molecule has 0 amide bonds. The van der Waals surface area contributed by atoms with E-state index in [1.807, 2.05) is 0 Å². The number of halogens is 3. The number of hydrogen-bond donors (Lipinski definition) is 1. The van der Waals surface area contributed by atoms with E-state index in [2.05, 4.69) is 0 Å². The Morgan fingerprint density at radius 1 is 1.09 bits per heavy atom. The Hall–Kier alpha value is 0.244. The van der Waals surface area contributed by atoms with Crippen LogP contribution >= 0.6 is 0 Å². The van der Waals surface area contributed by atoms with Crippen LogP contribution in [0.1, 0.15) is 0 Å². The average Bonchev–Trinajstić information content (AvgIpc) is 1.31. The molecule has 0 saturated carbocycles. The third-order valence-corrected chi connectivity index (χ3v) is 0.243. The standard InChI is InChI=1S/C2HF3O2.3H2O.Y/c3-2(4,5)1(6)7;;;;/h(H,6,7);3*1H2;. The molecule has 0 spiro atoms. The zero-order valence-electron chi connectivity index (χ0n) is 5.07. The summed E-state index contributed by atoms with van der Waals surface area (Å²) in [5.74, 6) is -2.76. The molecule has 0 aliphatic carbocycles. The summed E-state index contributed by atoms with van der Waals surface area (Å²) in [6.45, 7) is 0. The molecule has 1 radical (unpaired) electrons. The fraction of sp³-hybridized carbons (Fsp3) is 0.500. The average molecular weight is 257 g/mol. The monoisotopic (exact) mass is 257 g/mol. The maximum atomic E-state index is 10.6. The van der Waals surface area contributed by atoms with Gasteiger partial charge in [0.1, 0.15) is 0 Å². The first-order valence-corrected chi connectivity index (χ1v) is 1.24. The van der Waals surface area contributed by atoms with Gasteiger partial charge in [-0.05, 0) is 0 Å². The van der Waals surface area contributed by atoms with E-state index in [9.17, 15) is 13.2 Å². The fourth-order valence-corrected chi connectivity index (χ4v) is 0. The van der Waals surface area contributed by atoms with Gasteiger partial charge in [-0.25, -0.2) is 4.79 Å². The maximum Gasteiger partial charge on any atom is 0.490 e. The first-order valence-electron chi connectivity index (χ1n) is 1.24. The zero-order valence-corrected chi connectivity index (χ0v) is 7.91. The van der Waals surface area contributed by atoms with Crippen LogP contribution in [0.4, 0.5) is 13.2 Å². The van der Waals surface area contributed by atoms with Gasteiger partial charge in [0.2, 0.25) is 0 Å². The molecule has 69 valence electrons. The second kappa shape index (κ2) is 10.2. The summed E-state index contributed by atoms with van der Waals surface area (Å²) >= 11 is 0. The predicted octanol–water partition coefficient (Wildman–Crippen LogP) is -1.84. The summed E-state index contributed by atoms with van der Waals surface area (Å²) in [6.07, 6.45) is -5.08. The molecule has 0 aliphatic heterocycles. The van der Waals surface area contributed by atoms with E-state index < -0.39 is 12.1 Å². The van der Waals surface area contributed by atoms with Crippen LogP contribution in [0.25, 0.3) is 0 Å². The van der Waals surface area contributed by atoms with Crippen molar-refractivity contribution in [1.82, 2.24) is 0 Å². The van der Waals surface area contributed by atoms with E-state index >= 15 is 0 Å². The molecule has 0 aliphatic rings. The quantitative estimate of drug-likeness (QED) is 0.546. The summed E-state index contributed by atoms with van der Waals surface area (Å²) in [6, 6.07) is 0. The van der Waals surface area contributed by atoms with Gasteiger partial charge in [0.25, 0.3) is 0 Å². The first-order chi connectivity index (χ1) is 2.94. The summed E-state index contributed by atoms with van der Waals surface area (Å²) in [4.78, 5) is 8.90. The van der Waals surface area contributed by atoms with Crippen LogP contribution in [0.3, 0.4) is 0 Å². The van der Waals surface area contributed by atoms with Crippen LogP contribution < -0.4 is 0 Å². The van der Waals surface area contributed by atoms with Gasteiger partial charge in [-0.1, -0.05) is 0 Å². The molecule has 0 saturated heterocycles. The summed E-state index contributed by atoms with van der Waals surface area (Å²) in [7, 11) is 0. The largest absolute Gasteiger partial charge is 0.490 e. The molecule has 7 N–H and O–H groups in total. The first kappa shape index (κ1) is 30.3. The Kier molecular flexibility index (Phi) is 28.2. The van der Waals surface area contributed by atoms with Gasteiger partial charge in [-0.3, -0.25) is 0 Å². The van der Waals surface area contributed by atoms with Crippen LogP contribution in [-0.4, -0.2) is 33.7 Å². The van der Waals surface area contributed by atoms with E-state index in [0.717, 1.165) is 0 Å². The van der Waals surface area contributed by atoms with Crippen LogP contribution in [0.15, 0.2) is 0 Å². The number of rotatable bonds is 0. The van der Waals surface area contributed by atoms with Crippen molar-refractivity contribution >= 4 is 5.97 Å².